The number of Topliss-reactive ketones (excluding diaryl/α,β-unsaturated/α-hetero) is 1. The molecule has 4 nitrogen and oxygen atoms in total. The Morgan fingerprint density at radius 1 is 1.47 bits per heavy atom. The predicted molar refractivity (Wildman–Crippen MR) is 56.9 cm³/mol. The second-order valence-corrected chi connectivity index (χ2v) is 3.88. The zero-order valence-electron chi connectivity index (χ0n) is 9.03. The number of carbonyl (C=O) groups excluding carboxylic acids is 2. The van der Waals surface area contributed by atoms with E-state index >= 15 is 0 Å². The molecule has 1 fully saturated rings. The van der Waals surface area contributed by atoms with Gasteiger partial charge in [-0.1, -0.05) is 0 Å². The highest BCUT2D eigenvalue weighted by atomic mass is 35.5. The molecule has 1 rings (SSSR count). The Balaban J connectivity index is 2.74. The summed E-state index contributed by atoms with van der Waals surface area (Å²) in [7, 11) is 0. The SMILES string of the molecule is CCN(C(C)=O)C1COCC1C(=O)CCl. The van der Waals surface area contributed by atoms with Crippen LogP contribution in [0.3, 0.4) is 0 Å². The van der Waals surface area contributed by atoms with Crippen LogP contribution in [0.25, 0.3) is 0 Å². The molecular formula is C10H16ClNO3. The maximum atomic E-state index is 11.5. The molecule has 0 aromatic carbocycles. The van der Waals surface area contributed by atoms with Gasteiger partial charge in [0.25, 0.3) is 0 Å². The van der Waals surface area contributed by atoms with E-state index < -0.39 is 0 Å². The van der Waals surface area contributed by atoms with Gasteiger partial charge in [-0.3, -0.25) is 9.59 Å². The molecule has 0 spiro atoms. The largest absolute Gasteiger partial charge is 0.378 e. The van der Waals surface area contributed by atoms with Crippen molar-refractivity contribution < 1.29 is 14.3 Å². The number of carbonyl (C=O) groups is 2. The van der Waals surface area contributed by atoms with Crippen molar-refractivity contribution in [3.05, 3.63) is 0 Å². The van der Waals surface area contributed by atoms with E-state index in [0.717, 1.165) is 0 Å². The van der Waals surface area contributed by atoms with Gasteiger partial charge in [-0.05, 0) is 6.92 Å². The quantitative estimate of drug-likeness (QED) is 0.671. The van der Waals surface area contributed by atoms with Crippen molar-refractivity contribution in [1.82, 2.24) is 4.90 Å². The molecule has 0 aliphatic carbocycles. The lowest BCUT2D eigenvalue weighted by atomic mass is 9.98. The van der Waals surface area contributed by atoms with Gasteiger partial charge in [0.1, 0.15) is 0 Å². The summed E-state index contributed by atoms with van der Waals surface area (Å²) < 4.78 is 5.25. The van der Waals surface area contributed by atoms with Crippen LogP contribution in [0.15, 0.2) is 0 Å². The fraction of sp³-hybridized carbons (Fsp3) is 0.800. The van der Waals surface area contributed by atoms with Gasteiger partial charge >= 0.3 is 0 Å². The van der Waals surface area contributed by atoms with Crippen LogP contribution in [-0.4, -0.2) is 48.3 Å². The minimum absolute atomic E-state index is 0.0139. The monoisotopic (exact) mass is 233 g/mol. The molecule has 1 aliphatic heterocycles. The molecule has 1 amide bonds. The number of ether oxygens (including phenoxy) is 1. The fourth-order valence-electron chi connectivity index (χ4n) is 1.95. The summed E-state index contributed by atoms with van der Waals surface area (Å²) in [5, 5.41) is 0. The number of alkyl halides is 1. The van der Waals surface area contributed by atoms with Crippen LogP contribution in [0.4, 0.5) is 0 Å². The van der Waals surface area contributed by atoms with Crippen LogP contribution in [0.2, 0.25) is 0 Å². The Morgan fingerprint density at radius 2 is 2.13 bits per heavy atom. The summed E-state index contributed by atoms with van der Waals surface area (Å²) in [5.41, 5.74) is 0. The summed E-state index contributed by atoms with van der Waals surface area (Å²) in [6.07, 6.45) is 0. The maximum absolute atomic E-state index is 11.5. The van der Waals surface area contributed by atoms with Gasteiger partial charge < -0.3 is 9.64 Å². The van der Waals surface area contributed by atoms with Crippen LogP contribution in [0, 0.1) is 5.92 Å². The topological polar surface area (TPSA) is 46.6 Å². The Bertz CT molecular complexity index is 257. The van der Waals surface area contributed by atoms with Gasteiger partial charge in [0.05, 0.1) is 31.1 Å². The number of nitrogens with zero attached hydrogens (tertiary/aromatic N) is 1. The first kappa shape index (κ1) is 12.5. The van der Waals surface area contributed by atoms with Crippen molar-refractivity contribution in [3.63, 3.8) is 0 Å². The number of likely N-dealkylation sites (N-methyl/N-ethyl adjacent to an activating group) is 1. The average Bonchev–Trinajstić information content (AvgIpc) is 2.66. The van der Waals surface area contributed by atoms with Crippen molar-refractivity contribution in [2.75, 3.05) is 25.6 Å². The van der Waals surface area contributed by atoms with E-state index in [9.17, 15) is 9.59 Å². The maximum Gasteiger partial charge on any atom is 0.219 e. The van der Waals surface area contributed by atoms with Crippen LogP contribution < -0.4 is 0 Å². The molecule has 0 aromatic rings. The van der Waals surface area contributed by atoms with E-state index in [1.54, 1.807) is 4.90 Å². The zero-order valence-corrected chi connectivity index (χ0v) is 9.79. The number of hydrogen-bond donors (Lipinski definition) is 0. The first-order chi connectivity index (χ1) is 7.11. The van der Waals surface area contributed by atoms with E-state index in [-0.39, 0.29) is 29.5 Å². The summed E-state index contributed by atoms with van der Waals surface area (Å²) in [5.74, 6) is -0.342. The van der Waals surface area contributed by atoms with Crippen LogP contribution >= 0.6 is 11.6 Å². The molecule has 0 N–H and O–H groups in total. The van der Waals surface area contributed by atoms with E-state index in [4.69, 9.17) is 16.3 Å². The molecule has 5 heteroatoms. The lowest BCUT2D eigenvalue weighted by molar-refractivity contribution is -0.132. The number of amides is 1. The lowest BCUT2D eigenvalue weighted by Crippen LogP contribution is -2.45. The molecular weight excluding hydrogens is 218 g/mol. The lowest BCUT2D eigenvalue weighted by Gasteiger charge is -2.28. The molecule has 2 unspecified atom stereocenters. The molecule has 0 saturated carbocycles. The second-order valence-electron chi connectivity index (χ2n) is 3.62. The standard InChI is InChI=1S/C10H16ClNO3/c1-3-12(7(2)13)9-6-15-5-8(9)10(14)4-11/h8-9H,3-6H2,1-2H3. The third kappa shape index (κ3) is 2.69. The highest BCUT2D eigenvalue weighted by molar-refractivity contribution is 6.28. The first-order valence-electron chi connectivity index (χ1n) is 5.05. The van der Waals surface area contributed by atoms with Crippen LogP contribution in [0.1, 0.15) is 13.8 Å². The molecule has 1 aliphatic rings. The Morgan fingerprint density at radius 3 is 2.60 bits per heavy atom. The third-order valence-corrected chi connectivity index (χ3v) is 3.00. The molecule has 1 saturated heterocycles. The molecule has 0 bridgehead atoms. The number of rotatable bonds is 4. The van der Waals surface area contributed by atoms with Crippen molar-refractivity contribution in [3.8, 4) is 0 Å². The summed E-state index contributed by atoms with van der Waals surface area (Å²) >= 11 is 5.52. The number of halogens is 1. The molecule has 0 radical (unpaired) electrons. The molecule has 15 heavy (non-hydrogen) atoms. The zero-order chi connectivity index (χ0) is 11.4. The van der Waals surface area contributed by atoms with E-state index in [1.165, 1.54) is 6.92 Å². The van der Waals surface area contributed by atoms with E-state index in [2.05, 4.69) is 0 Å². The van der Waals surface area contributed by atoms with E-state index in [1.807, 2.05) is 6.92 Å². The highest BCUT2D eigenvalue weighted by Gasteiger charge is 2.37. The van der Waals surface area contributed by atoms with Gasteiger partial charge in [-0.25, -0.2) is 0 Å². The van der Waals surface area contributed by atoms with Crippen LogP contribution in [0.5, 0.6) is 0 Å². The number of ketones is 1. The molecule has 0 aromatic heterocycles. The summed E-state index contributed by atoms with van der Waals surface area (Å²) in [4.78, 5) is 24.5. The van der Waals surface area contributed by atoms with Gasteiger partial charge in [0, 0.05) is 13.5 Å². The molecule has 2 atom stereocenters. The van der Waals surface area contributed by atoms with E-state index in [0.29, 0.717) is 19.8 Å². The second kappa shape index (κ2) is 5.47. The van der Waals surface area contributed by atoms with Gasteiger partial charge in [-0.15, -0.1) is 11.6 Å². The smallest absolute Gasteiger partial charge is 0.219 e. The number of hydrogen-bond acceptors (Lipinski definition) is 3. The first-order valence-corrected chi connectivity index (χ1v) is 5.58. The van der Waals surface area contributed by atoms with Gasteiger partial charge in [-0.2, -0.15) is 0 Å². The normalized spacial score (nSPS) is 25.3. The summed E-state index contributed by atoms with van der Waals surface area (Å²) in [6, 6.07) is -0.140. The predicted octanol–water partition coefficient (Wildman–Crippen LogP) is 0.678. The van der Waals surface area contributed by atoms with Gasteiger partial charge in [0.15, 0.2) is 5.78 Å². The average molecular weight is 234 g/mol. The third-order valence-electron chi connectivity index (χ3n) is 2.74. The summed E-state index contributed by atoms with van der Waals surface area (Å²) in [6.45, 7) is 4.79. The Hall–Kier alpha value is -0.610. The minimum atomic E-state index is -0.258. The molecule has 86 valence electrons. The Labute approximate surface area is 94.5 Å². The fourth-order valence-corrected chi connectivity index (χ4v) is 2.15. The van der Waals surface area contributed by atoms with Crippen molar-refractivity contribution in [1.29, 1.82) is 0 Å². The van der Waals surface area contributed by atoms with Crippen LogP contribution in [-0.2, 0) is 14.3 Å². The minimum Gasteiger partial charge on any atom is -0.378 e. The van der Waals surface area contributed by atoms with Crippen molar-refractivity contribution in [2.24, 2.45) is 5.92 Å². The molecule has 1 heterocycles. The van der Waals surface area contributed by atoms with Gasteiger partial charge in [0.2, 0.25) is 5.91 Å². The van der Waals surface area contributed by atoms with Crippen molar-refractivity contribution in [2.45, 2.75) is 19.9 Å². The Kier molecular flexibility index (Phi) is 4.54. The highest BCUT2D eigenvalue weighted by Crippen LogP contribution is 2.21. The van der Waals surface area contributed by atoms with Crippen molar-refractivity contribution >= 4 is 23.3 Å².